The van der Waals surface area contributed by atoms with Crippen molar-refractivity contribution in [1.29, 1.82) is 0 Å². The van der Waals surface area contributed by atoms with Gasteiger partial charge in [0.1, 0.15) is 10.6 Å². The number of pyridine rings is 1. The van der Waals surface area contributed by atoms with Gasteiger partial charge in [-0.25, -0.2) is 13.2 Å². The highest BCUT2D eigenvalue weighted by Gasteiger charge is 2.24. The maximum Gasteiger partial charge on any atom is 0.354 e. The average molecular weight is 501 g/mol. The van der Waals surface area contributed by atoms with Gasteiger partial charge in [0.25, 0.3) is 5.56 Å². The number of carbonyl (C=O) groups excluding carboxylic acids is 1. The third kappa shape index (κ3) is 4.09. The molecule has 0 atom stereocenters. The molecule has 0 aliphatic carbocycles. The Morgan fingerprint density at radius 2 is 1.64 bits per heavy atom. The van der Waals surface area contributed by atoms with E-state index in [2.05, 4.69) is 4.98 Å². The van der Waals surface area contributed by atoms with Crippen LogP contribution >= 0.6 is 0 Å². The van der Waals surface area contributed by atoms with Gasteiger partial charge in [-0.1, -0.05) is 60.2 Å². The van der Waals surface area contributed by atoms with Gasteiger partial charge in [-0.15, -0.1) is 0 Å². The molecule has 0 fully saturated rings. The van der Waals surface area contributed by atoms with Crippen LogP contribution in [0, 0.1) is 6.92 Å². The first-order chi connectivity index (χ1) is 17.3. The maximum absolute atomic E-state index is 13.2. The van der Waals surface area contributed by atoms with E-state index in [1.165, 1.54) is 18.2 Å². The first-order valence-electron chi connectivity index (χ1n) is 11.5. The number of aromatic amines is 1. The molecule has 0 bridgehead atoms. The van der Waals surface area contributed by atoms with Crippen LogP contribution in [0.3, 0.4) is 0 Å². The first kappa shape index (κ1) is 23.6. The lowest BCUT2D eigenvalue weighted by Crippen LogP contribution is -2.18. The van der Waals surface area contributed by atoms with E-state index in [0.29, 0.717) is 28.7 Å². The number of H-pyrrole nitrogens is 1. The smallest absolute Gasteiger partial charge is 0.354 e. The normalized spacial score (nSPS) is 11.7. The van der Waals surface area contributed by atoms with Crippen molar-refractivity contribution in [1.82, 2.24) is 9.55 Å². The summed E-state index contributed by atoms with van der Waals surface area (Å²) in [6.45, 7) is 4.33. The standard InChI is InChI=1S/C28H24N2O5S/c1-3-35-28(32)23-15-21-14-13-20-16-24(36(33,34)22-7-5-4-6-8-22)27(31)29-25(20)26(21)30(23)17-19-11-9-18(2)10-12-19/h4-16H,3,17H2,1-2H3,(H,29,31). The summed E-state index contributed by atoms with van der Waals surface area (Å²) < 4.78 is 33.5. The molecule has 0 saturated heterocycles. The van der Waals surface area contributed by atoms with Gasteiger partial charge in [-0.05, 0) is 43.7 Å². The number of carbonyl (C=O) groups is 1. The van der Waals surface area contributed by atoms with Crippen molar-refractivity contribution in [3.05, 3.63) is 106 Å². The molecule has 2 heterocycles. The molecule has 2 aromatic heterocycles. The van der Waals surface area contributed by atoms with Crippen LogP contribution < -0.4 is 5.56 Å². The molecule has 3 aromatic carbocycles. The lowest BCUT2D eigenvalue weighted by atomic mass is 10.1. The number of fused-ring (bicyclic) bond motifs is 3. The Morgan fingerprint density at radius 1 is 0.944 bits per heavy atom. The van der Waals surface area contributed by atoms with Gasteiger partial charge in [0, 0.05) is 17.3 Å². The highest BCUT2D eigenvalue weighted by atomic mass is 32.2. The monoisotopic (exact) mass is 500 g/mol. The SMILES string of the molecule is CCOC(=O)c1cc2ccc3cc(S(=O)(=O)c4ccccc4)c(=O)[nH]c3c2n1Cc1ccc(C)cc1. The van der Waals surface area contributed by atoms with Crippen LogP contribution in [0.1, 0.15) is 28.5 Å². The molecular formula is C28H24N2O5S. The molecule has 5 aromatic rings. The minimum atomic E-state index is -4.02. The molecule has 0 amide bonds. The van der Waals surface area contributed by atoms with Crippen LogP contribution in [0.4, 0.5) is 0 Å². The van der Waals surface area contributed by atoms with Gasteiger partial charge in [-0.3, -0.25) is 4.79 Å². The van der Waals surface area contributed by atoms with Crippen molar-refractivity contribution in [2.75, 3.05) is 6.61 Å². The topological polar surface area (TPSA) is 98.2 Å². The van der Waals surface area contributed by atoms with E-state index in [1.54, 1.807) is 37.3 Å². The minimum Gasteiger partial charge on any atom is -0.461 e. The Bertz CT molecular complexity index is 1770. The summed E-state index contributed by atoms with van der Waals surface area (Å²) in [7, 11) is -4.02. The van der Waals surface area contributed by atoms with Gasteiger partial charge in [0.15, 0.2) is 0 Å². The first-order valence-corrected chi connectivity index (χ1v) is 13.0. The molecule has 5 rings (SSSR count). The maximum atomic E-state index is 13.2. The number of hydrogen-bond acceptors (Lipinski definition) is 5. The second-order valence-electron chi connectivity index (χ2n) is 8.57. The van der Waals surface area contributed by atoms with Gasteiger partial charge >= 0.3 is 5.97 Å². The summed E-state index contributed by atoms with van der Waals surface area (Å²) in [6, 6.07) is 22.5. The van der Waals surface area contributed by atoms with Gasteiger partial charge in [0.2, 0.25) is 9.84 Å². The van der Waals surface area contributed by atoms with Crippen LogP contribution in [0.2, 0.25) is 0 Å². The number of benzene rings is 3. The van der Waals surface area contributed by atoms with Crippen LogP contribution in [0.15, 0.2) is 93.4 Å². The number of hydrogen-bond donors (Lipinski definition) is 1. The highest BCUT2D eigenvalue weighted by molar-refractivity contribution is 7.91. The molecular weight excluding hydrogens is 476 g/mol. The number of sulfone groups is 1. The van der Waals surface area contributed by atoms with Crippen LogP contribution in [-0.4, -0.2) is 30.5 Å². The molecule has 36 heavy (non-hydrogen) atoms. The fraction of sp³-hybridized carbons (Fsp3) is 0.143. The number of rotatable bonds is 6. The van der Waals surface area contributed by atoms with Crippen molar-refractivity contribution >= 4 is 37.6 Å². The third-order valence-corrected chi connectivity index (χ3v) is 7.91. The molecule has 7 nitrogen and oxygen atoms in total. The predicted octanol–water partition coefficient (Wildman–Crippen LogP) is 4.85. The summed E-state index contributed by atoms with van der Waals surface area (Å²) >= 11 is 0. The second-order valence-corrected chi connectivity index (χ2v) is 10.5. The van der Waals surface area contributed by atoms with E-state index in [4.69, 9.17) is 4.74 Å². The van der Waals surface area contributed by atoms with Crippen molar-refractivity contribution in [2.45, 2.75) is 30.2 Å². The zero-order valence-corrected chi connectivity index (χ0v) is 20.6. The Kier molecular flexibility index (Phi) is 5.97. The average Bonchev–Trinajstić information content (AvgIpc) is 3.24. The van der Waals surface area contributed by atoms with E-state index >= 15 is 0 Å². The lowest BCUT2D eigenvalue weighted by Gasteiger charge is -2.13. The summed E-state index contributed by atoms with van der Waals surface area (Å²) in [4.78, 5) is 28.4. The van der Waals surface area contributed by atoms with E-state index in [9.17, 15) is 18.0 Å². The molecule has 0 radical (unpaired) electrons. The van der Waals surface area contributed by atoms with Crippen LogP contribution in [0.25, 0.3) is 21.8 Å². The largest absolute Gasteiger partial charge is 0.461 e. The molecule has 0 spiro atoms. The number of aromatic nitrogens is 2. The summed E-state index contributed by atoms with van der Waals surface area (Å²) in [5.41, 5.74) is 2.78. The number of nitrogens with one attached hydrogen (secondary N) is 1. The second kappa shape index (κ2) is 9.13. The van der Waals surface area contributed by atoms with Crippen LogP contribution in [0.5, 0.6) is 0 Å². The number of esters is 1. The zero-order valence-electron chi connectivity index (χ0n) is 19.8. The van der Waals surface area contributed by atoms with E-state index in [1.807, 2.05) is 41.8 Å². The Balaban J connectivity index is 1.75. The van der Waals surface area contributed by atoms with Gasteiger partial charge in [0.05, 0.1) is 22.5 Å². The number of ether oxygens (including phenoxy) is 1. The Morgan fingerprint density at radius 3 is 2.33 bits per heavy atom. The predicted molar refractivity (Wildman–Crippen MR) is 138 cm³/mol. The highest BCUT2D eigenvalue weighted by Crippen LogP contribution is 2.30. The summed E-state index contributed by atoms with van der Waals surface area (Å²) in [5, 5.41) is 1.27. The van der Waals surface area contributed by atoms with Crippen molar-refractivity contribution < 1.29 is 17.9 Å². The van der Waals surface area contributed by atoms with Crippen LogP contribution in [-0.2, 0) is 21.1 Å². The molecule has 182 valence electrons. The van der Waals surface area contributed by atoms with E-state index < -0.39 is 21.4 Å². The quantitative estimate of drug-likeness (QED) is 0.336. The van der Waals surface area contributed by atoms with Gasteiger partial charge < -0.3 is 14.3 Å². The summed E-state index contributed by atoms with van der Waals surface area (Å²) in [5.74, 6) is -0.473. The fourth-order valence-corrected chi connectivity index (χ4v) is 5.70. The van der Waals surface area contributed by atoms with E-state index in [-0.39, 0.29) is 16.4 Å². The Hall–Kier alpha value is -4.17. The molecule has 0 unspecified atom stereocenters. The minimum absolute atomic E-state index is 0.0447. The summed E-state index contributed by atoms with van der Waals surface area (Å²) in [6.07, 6.45) is 0. The van der Waals surface area contributed by atoms with Gasteiger partial charge in [-0.2, -0.15) is 0 Å². The molecule has 1 N–H and O–H groups in total. The number of aryl methyl sites for hydroxylation is 1. The molecule has 0 aliphatic rings. The fourth-order valence-electron chi connectivity index (χ4n) is 4.35. The van der Waals surface area contributed by atoms with Crippen molar-refractivity contribution in [3.63, 3.8) is 0 Å². The number of nitrogens with zero attached hydrogens (tertiary/aromatic N) is 1. The molecule has 0 aliphatic heterocycles. The van der Waals surface area contributed by atoms with E-state index in [0.717, 1.165) is 16.5 Å². The molecule has 8 heteroatoms. The zero-order chi connectivity index (χ0) is 25.4. The lowest BCUT2D eigenvalue weighted by molar-refractivity contribution is 0.0515. The Labute approximate surface area is 207 Å². The third-order valence-electron chi connectivity index (χ3n) is 6.13. The molecule has 0 saturated carbocycles. The van der Waals surface area contributed by atoms with Crippen molar-refractivity contribution in [2.24, 2.45) is 0 Å². The van der Waals surface area contributed by atoms with Crippen molar-refractivity contribution in [3.8, 4) is 0 Å².